The summed E-state index contributed by atoms with van der Waals surface area (Å²) in [6.45, 7) is 2.69. The lowest BCUT2D eigenvalue weighted by molar-refractivity contribution is -0.128. The van der Waals surface area contributed by atoms with Crippen LogP contribution in [0.1, 0.15) is 11.1 Å². The lowest BCUT2D eigenvalue weighted by Gasteiger charge is -2.19. The van der Waals surface area contributed by atoms with Gasteiger partial charge in [0.25, 0.3) is 0 Å². The Bertz CT molecular complexity index is 688. The first-order valence-electron chi connectivity index (χ1n) is 7.37. The van der Waals surface area contributed by atoms with E-state index in [-0.39, 0.29) is 12.5 Å². The zero-order valence-electron chi connectivity index (χ0n) is 13.6. The first kappa shape index (κ1) is 17.2. The number of carbonyl (C=O) groups is 1. The van der Waals surface area contributed by atoms with Crippen molar-refractivity contribution in [3.8, 4) is 5.75 Å². The zero-order chi connectivity index (χ0) is 16.8. The third-order valence-corrected chi connectivity index (χ3v) is 3.88. The number of nitrogens with zero attached hydrogens (tertiary/aromatic N) is 1. The van der Waals surface area contributed by atoms with Crippen LogP contribution in [-0.4, -0.2) is 31.5 Å². The van der Waals surface area contributed by atoms with Crippen molar-refractivity contribution in [3.63, 3.8) is 0 Å². The van der Waals surface area contributed by atoms with Crippen molar-refractivity contribution in [1.82, 2.24) is 4.90 Å². The van der Waals surface area contributed by atoms with Gasteiger partial charge in [0, 0.05) is 29.9 Å². The van der Waals surface area contributed by atoms with Crippen molar-refractivity contribution in [2.24, 2.45) is 0 Å². The van der Waals surface area contributed by atoms with Crippen molar-refractivity contribution < 1.29 is 9.53 Å². The molecule has 0 heterocycles. The van der Waals surface area contributed by atoms with Crippen LogP contribution in [0.5, 0.6) is 5.75 Å². The second kappa shape index (κ2) is 7.88. The second-order valence-corrected chi connectivity index (χ2v) is 5.81. The predicted octanol–water partition coefficient (Wildman–Crippen LogP) is 3.73. The van der Waals surface area contributed by atoms with E-state index in [2.05, 4.69) is 5.32 Å². The molecule has 0 fully saturated rings. The Labute approximate surface area is 142 Å². The Balaban J connectivity index is 1.95. The van der Waals surface area contributed by atoms with Gasteiger partial charge in [0.1, 0.15) is 5.75 Å². The normalized spacial score (nSPS) is 10.3. The van der Waals surface area contributed by atoms with Crippen LogP contribution in [0.2, 0.25) is 5.02 Å². The number of aryl methyl sites for hydroxylation is 1. The minimum atomic E-state index is 0.00487. The van der Waals surface area contributed by atoms with Gasteiger partial charge in [-0.1, -0.05) is 29.8 Å². The molecule has 0 aliphatic rings. The topological polar surface area (TPSA) is 41.6 Å². The third kappa shape index (κ3) is 4.63. The number of benzene rings is 2. The quantitative estimate of drug-likeness (QED) is 0.876. The molecule has 0 atom stereocenters. The third-order valence-electron chi connectivity index (χ3n) is 3.64. The molecule has 2 aromatic carbocycles. The van der Waals surface area contributed by atoms with Gasteiger partial charge in [0.2, 0.25) is 5.91 Å². The van der Waals surface area contributed by atoms with Crippen molar-refractivity contribution >= 4 is 23.2 Å². The maximum atomic E-state index is 12.3. The average Bonchev–Trinajstić information content (AvgIpc) is 2.54. The van der Waals surface area contributed by atoms with Gasteiger partial charge in [-0.15, -0.1) is 0 Å². The highest BCUT2D eigenvalue weighted by molar-refractivity contribution is 6.30. The molecule has 4 nitrogen and oxygen atoms in total. The fraction of sp³-hybridized carbons (Fsp3) is 0.278. The van der Waals surface area contributed by atoms with E-state index in [1.165, 1.54) is 0 Å². The van der Waals surface area contributed by atoms with Crippen molar-refractivity contribution in [2.45, 2.75) is 13.5 Å². The summed E-state index contributed by atoms with van der Waals surface area (Å²) in [7, 11) is 3.41. The summed E-state index contributed by atoms with van der Waals surface area (Å²) >= 11 is 5.93. The Morgan fingerprint density at radius 3 is 2.70 bits per heavy atom. The zero-order valence-corrected chi connectivity index (χ0v) is 14.4. The summed E-state index contributed by atoms with van der Waals surface area (Å²) in [5.74, 6) is 0.791. The van der Waals surface area contributed by atoms with Crippen LogP contribution in [0.15, 0.2) is 42.5 Å². The molecule has 0 bridgehead atoms. The fourth-order valence-corrected chi connectivity index (χ4v) is 2.54. The minimum Gasteiger partial charge on any atom is -0.496 e. The Morgan fingerprint density at radius 1 is 1.26 bits per heavy atom. The predicted molar refractivity (Wildman–Crippen MR) is 94.1 cm³/mol. The van der Waals surface area contributed by atoms with Crippen LogP contribution in [-0.2, 0) is 11.3 Å². The monoisotopic (exact) mass is 332 g/mol. The van der Waals surface area contributed by atoms with Gasteiger partial charge >= 0.3 is 0 Å². The molecule has 0 aliphatic heterocycles. The summed E-state index contributed by atoms with van der Waals surface area (Å²) in [4.78, 5) is 14.0. The standard InChI is InChI=1S/C18H21ClN2O2/c1-13-10-15(19)8-9-16(13)20-11-18(22)21(2)12-14-6-4-5-7-17(14)23-3/h4-10,20H,11-12H2,1-3H3. The number of rotatable bonds is 6. The van der Waals surface area contributed by atoms with Crippen molar-refractivity contribution in [2.75, 3.05) is 26.0 Å². The summed E-state index contributed by atoms with van der Waals surface area (Å²) in [5.41, 5.74) is 2.90. The number of hydrogen-bond donors (Lipinski definition) is 1. The number of hydrogen-bond acceptors (Lipinski definition) is 3. The molecule has 0 aliphatic carbocycles. The number of halogens is 1. The fourth-order valence-electron chi connectivity index (χ4n) is 2.31. The summed E-state index contributed by atoms with van der Waals surface area (Å²) in [6.07, 6.45) is 0. The molecule has 0 radical (unpaired) electrons. The van der Waals surface area contributed by atoms with Crippen LogP contribution in [0.25, 0.3) is 0 Å². The van der Waals surface area contributed by atoms with Gasteiger partial charge in [-0.2, -0.15) is 0 Å². The van der Waals surface area contributed by atoms with Crippen LogP contribution in [0.3, 0.4) is 0 Å². The largest absolute Gasteiger partial charge is 0.496 e. The van der Waals surface area contributed by atoms with Crippen LogP contribution < -0.4 is 10.1 Å². The van der Waals surface area contributed by atoms with Gasteiger partial charge in [-0.25, -0.2) is 0 Å². The SMILES string of the molecule is COc1ccccc1CN(C)C(=O)CNc1ccc(Cl)cc1C. The number of ether oxygens (including phenoxy) is 1. The molecule has 2 rings (SSSR count). The molecule has 0 aromatic heterocycles. The highest BCUT2D eigenvalue weighted by atomic mass is 35.5. The van der Waals surface area contributed by atoms with Crippen LogP contribution in [0, 0.1) is 6.92 Å². The molecular formula is C18H21ClN2O2. The van der Waals surface area contributed by atoms with Crippen LogP contribution in [0.4, 0.5) is 5.69 Å². The maximum Gasteiger partial charge on any atom is 0.241 e. The Kier molecular flexibility index (Phi) is 5.88. The molecule has 0 spiro atoms. The Morgan fingerprint density at radius 2 is 2.00 bits per heavy atom. The molecule has 0 unspecified atom stereocenters. The molecule has 1 N–H and O–H groups in total. The molecule has 2 aromatic rings. The van der Waals surface area contributed by atoms with Crippen LogP contribution >= 0.6 is 11.6 Å². The number of carbonyl (C=O) groups excluding carboxylic acids is 1. The van der Waals surface area contributed by atoms with E-state index in [4.69, 9.17) is 16.3 Å². The highest BCUT2D eigenvalue weighted by Crippen LogP contribution is 2.20. The van der Waals surface area contributed by atoms with Gasteiger partial charge in [-0.05, 0) is 36.8 Å². The van der Waals surface area contributed by atoms with E-state index in [1.807, 2.05) is 43.3 Å². The molecule has 0 saturated heterocycles. The molecule has 1 amide bonds. The summed E-state index contributed by atoms with van der Waals surface area (Å²) in [5, 5.41) is 3.84. The maximum absolute atomic E-state index is 12.3. The molecule has 23 heavy (non-hydrogen) atoms. The molecule has 122 valence electrons. The average molecular weight is 333 g/mol. The number of para-hydroxylation sites is 1. The van der Waals surface area contributed by atoms with E-state index in [0.29, 0.717) is 11.6 Å². The molecule has 0 saturated carbocycles. The summed E-state index contributed by atoms with van der Waals surface area (Å²) in [6, 6.07) is 13.3. The van der Waals surface area contributed by atoms with E-state index in [1.54, 1.807) is 25.1 Å². The van der Waals surface area contributed by atoms with Gasteiger partial charge in [0.05, 0.1) is 13.7 Å². The molecular weight excluding hydrogens is 312 g/mol. The number of likely N-dealkylation sites (N-methyl/N-ethyl adjacent to an activating group) is 1. The summed E-state index contributed by atoms with van der Waals surface area (Å²) < 4.78 is 5.32. The lowest BCUT2D eigenvalue weighted by atomic mass is 10.2. The van der Waals surface area contributed by atoms with E-state index < -0.39 is 0 Å². The first-order valence-corrected chi connectivity index (χ1v) is 7.75. The van der Waals surface area contributed by atoms with E-state index in [0.717, 1.165) is 22.6 Å². The molecule has 5 heteroatoms. The first-order chi connectivity index (χ1) is 11.0. The highest BCUT2D eigenvalue weighted by Gasteiger charge is 2.12. The lowest BCUT2D eigenvalue weighted by Crippen LogP contribution is -2.32. The Hall–Kier alpha value is -2.20. The van der Waals surface area contributed by atoms with Crippen molar-refractivity contribution in [3.05, 3.63) is 58.6 Å². The second-order valence-electron chi connectivity index (χ2n) is 5.37. The van der Waals surface area contributed by atoms with Gasteiger partial charge < -0.3 is 15.0 Å². The number of nitrogens with one attached hydrogen (secondary N) is 1. The number of methoxy groups -OCH3 is 1. The number of anilines is 1. The van der Waals surface area contributed by atoms with Gasteiger partial charge in [-0.3, -0.25) is 4.79 Å². The number of amides is 1. The minimum absolute atomic E-state index is 0.00487. The smallest absolute Gasteiger partial charge is 0.241 e. The van der Waals surface area contributed by atoms with E-state index >= 15 is 0 Å². The van der Waals surface area contributed by atoms with Crippen molar-refractivity contribution in [1.29, 1.82) is 0 Å². The van der Waals surface area contributed by atoms with Gasteiger partial charge in [0.15, 0.2) is 0 Å². The van der Waals surface area contributed by atoms with E-state index in [9.17, 15) is 4.79 Å².